The Morgan fingerprint density at radius 1 is 1.35 bits per heavy atom. The van der Waals surface area contributed by atoms with Crippen molar-refractivity contribution in [2.24, 2.45) is 0 Å². The Hall–Kier alpha value is -0.870. The van der Waals surface area contributed by atoms with Gasteiger partial charge < -0.3 is 10.6 Å². The molecular formula is C13H17BrN2O. The molecule has 0 saturated carbocycles. The van der Waals surface area contributed by atoms with Gasteiger partial charge in [0.2, 0.25) is 5.91 Å². The summed E-state index contributed by atoms with van der Waals surface area (Å²) in [6.07, 6.45) is 3.11. The van der Waals surface area contributed by atoms with Crippen LogP contribution in [0.5, 0.6) is 0 Å². The molecule has 1 saturated heterocycles. The van der Waals surface area contributed by atoms with Gasteiger partial charge in [0.15, 0.2) is 0 Å². The standard InChI is InChI=1S/C13H17BrN2O/c14-11-6-2-1-5-10(11)9-16-12-7-3-4-8-15-13(12)17/h1-2,5-6,12,16H,3-4,7-9H2,(H,15,17). The lowest BCUT2D eigenvalue weighted by Gasteiger charge is -2.15. The minimum absolute atomic E-state index is 0.0513. The Balaban J connectivity index is 1.93. The maximum absolute atomic E-state index is 11.7. The lowest BCUT2D eigenvalue weighted by Crippen LogP contribution is -2.42. The molecule has 0 spiro atoms. The number of benzene rings is 1. The molecule has 1 aromatic rings. The molecule has 92 valence electrons. The fourth-order valence-corrected chi connectivity index (χ4v) is 2.43. The van der Waals surface area contributed by atoms with Gasteiger partial charge in [-0.2, -0.15) is 0 Å². The van der Waals surface area contributed by atoms with Gasteiger partial charge in [0.1, 0.15) is 0 Å². The monoisotopic (exact) mass is 296 g/mol. The summed E-state index contributed by atoms with van der Waals surface area (Å²) in [7, 11) is 0. The van der Waals surface area contributed by atoms with E-state index in [0.717, 1.165) is 36.8 Å². The molecule has 1 aromatic carbocycles. The van der Waals surface area contributed by atoms with E-state index in [9.17, 15) is 4.79 Å². The minimum atomic E-state index is -0.0513. The van der Waals surface area contributed by atoms with Crippen LogP contribution in [-0.4, -0.2) is 18.5 Å². The van der Waals surface area contributed by atoms with Crippen molar-refractivity contribution < 1.29 is 4.79 Å². The first-order valence-electron chi connectivity index (χ1n) is 6.02. The van der Waals surface area contributed by atoms with E-state index in [4.69, 9.17) is 0 Å². The minimum Gasteiger partial charge on any atom is -0.355 e. The summed E-state index contributed by atoms with van der Waals surface area (Å²) < 4.78 is 1.08. The third kappa shape index (κ3) is 3.54. The molecule has 0 bridgehead atoms. The molecule has 17 heavy (non-hydrogen) atoms. The first kappa shape index (κ1) is 12.6. The lowest BCUT2D eigenvalue weighted by atomic mass is 10.1. The normalized spacial score (nSPS) is 20.8. The average molecular weight is 297 g/mol. The van der Waals surface area contributed by atoms with E-state index in [1.54, 1.807) is 0 Å². The molecule has 1 aliphatic rings. The highest BCUT2D eigenvalue weighted by atomic mass is 79.9. The van der Waals surface area contributed by atoms with Crippen molar-refractivity contribution in [2.75, 3.05) is 6.54 Å². The third-order valence-electron chi connectivity index (χ3n) is 3.03. The molecular weight excluding hydrogens is 280 g/mol. The van der Waals surface area contributed by atoms with Gasteiger partial charge in [-0.05, 0) is 30.9 Å². The van der Waals surface area contributed by atoms with E-state index in [1.165, 1.54) is 5.56 Å². The van der Waals surface area contributed by atoms with Crippen LogP contribution in [0.1, 0.15) is 24.8 Å². The molecule has 1 unspecified atom stereocenters. The lowest BCUT2D eigenvalue weighted by molar-refractivity contribution is -0.122. The number of carbonyl (C=O) groups is 1. The largest absolute Gasteiger partial charge is 0.355 e. The van der Waals surface area contributed by atoms with Crippen LogP contribution < -0.4 is 10.6 Å². The van der Waals surface area contributed by atoms with E-state index in [-0.39, 0.29) is 11.9 Å². The molecule has 0 aliphatic carbocycles. The Kier molecular flexibility index (Phi) is 4.57. The molecule has 1 fully saturated rings. The second kappa shape index (κ2) is 6.17. The highest BCUT2D eigenvalue weighted by Crippen LogP contribution is 2.16. The number of hydrogen-bond acceptors (Lipinski definition) is 2. The van der Waals surface area contributed by atoms with Gasteiger partial charge in [-0.1, -0.05) is 34.1 Å². The average Bonchev–Trinajstić information content (AvgIpc) is 2.53. The number of nitrogens with one attached hydrogen (secondary N) is 2. The smallest absolute Gasteiger partial charge is 0.237 e. The Morgan fingerprint density at radius 3 is 3.00 bits per heavy atom. The maximum Gasteiger partial charge on any atom is 0.237 e. The molecule has 1 aliphatic heterocycles. The van der Waals surface area contributed by atoms with E-state index < -0.39 is 0 Å². The van der Waals surface area contributed by atoms with Gasteiger partial charge in [0, 0.05) is 17.6 Å². The van der Waals surface area contributed by atoms with Crippen LogP contribution in [0.2, 0.25) is 0 Å². The third-order valence-corrected chi connectivity index (χ3v) is 3.81. The van der Waals surface area contributed by atoms with Gasteiger partial charge in [-0.15, -0.1) is 0 Å². The number of rotatable bonds is 3. The Morgan fingerprint density at radius 2 is 2.18 bits per heavy atom. The van der Waals surface area contributed by atoms with Crippen LogP contribution in [0.3, 0.4) is 0 Å². The van der Waals surface area contributed by atoms with Crippen molar-refractivity contribution >= 4 is 21.8 Å². The summed E-state index contributed by atoms with van der Waals surface area (Å²) in [5.41, 5.74) is 1.18. The SMILES string of the molecule is O=C1NCCCCC1NCc1ccccc1Br. The van der Waals surface area contributed by atoms with Crippen molar-refractivity contribution in [3.05, 3.63) is 34.3 Å². The Bertz CT molecular complexity index is 395. The first-order chi connectivity index (χ1) is 8.27. The number of halogens is 1. The topological polar surface area (TPSA) is 41.1 Å². The number of amides is 1. The first-order valence-corrected chi connectivity index (χ1v) is 6.81. The van der Waals surface area contributed by atoms with Crippen LogP contribution >= 0.6 is 15.9 Å². The van der Waals surface area contributed by atoms with E-state index >= 15 is 0 Å². The zero-order valence-corrected chi connectivity index (χ0v) is 11.3. The molecule has 4 heteroatoms. The van der Waals surface area contributed by atoms with Crippen LogP contribution in [-0.2, 0) is 11.3 Å². The molecule has 3 nitrogen and oxygen atoms in total. The van der Waals surface area contributed by atoms with E-state index in [1.807, 2.05) is 18.2 Å². The van der Waals surface area contributed by atoms with E-state index in [0.29, 0.717) is 0 Å². The molecule has 1 heterocycles. The van der Waals surface area contributed by atoms with Gasteiger partial charge in [0.05, 0.1) is 6.04 Å². The second-order valence-corrected chi connectivity index (χ2v) is 5.17. The predicted octanol–water partition coefficient (Wildman–Crippen LogP) is 2.21. The maximum atomic E-state index is 11.7. The van der Waals surface area contributed by atoms with Crippen molar-refractivity contribution in [2.45, 2.75) is 31.8 Å². The predicted molar refractivity (Wildman–Crippen MR) is 71.6 cm³/mol. The van der Waals surface area contributed by atoms with E-state index in [2.05, 4.69) is 32.6 Å². The Labute approximate surface area is 110 Å². The zero-order valence-electron chi connectivity index (χ0n) is 9.71. The van der Waals surface area contributed by atoms with Crippen molar-refractivity contribution in [1.82, 2.24) is 10.6 Å². The van der Waals surface area contributed by atoms with Gasteiger partial charge in [0.25, 0.3) is 0 Å². The van der Waals surface area contributed by atoms with Crippen LogP contribution in [0.4, 0.5) is 0 Å². The van der Waals surface area contributed by atoms with Gasteiger partial charge in [-0.3, -0.25) is 4.79 Å². The second-order valence-electron chi connectivity index (χ2n) is 4.31. The van der Waals surface area contributed by atoms with Gasteiger partial charge >= 0.3 is 0 Å². The summed E-state index contributed by atoms with van der Waals surface area (Å²) in [4.78, 5) is 11.7. The molecule has 1 atom stereocenters. The van der Waals surface area contributed by atoms with Gasteiger partial charge in [-0.25, -0.2) is 0 Å². The van der Waals surface area contributed by atoms with Crippen LogP contribution in [0.25, 0.3) is 0 Å². The van der Waals surface area contributed by atoms with Crippen molar-refractivity contribution in [3.8, 4) is 0 Å². The highest BCUT2D eigenvalue weighted by molar-refractivity contribution is 9.10. The zero-order chi connectivity index (χ0) is 12.1. The summed E-state index contributed by atoms with van der Waals surface area (Å²) in [6.45, 7) is 1.53. The summed E-state index contributed by atoms with van der Waals surface area (Å²) in [5.74, 6) is 0.134. The highest BCUT2D eigenvalue weighted by Gasteiger charge is 2.19. The van der Waals surface area contributed by atoms with Crippen LogP contribution in [0, 0.1) is 0 Å². The number of hydrogen-bond donors (Lipinski definition) is 2. The molecule has 2 N–H and O–H groups in total. The summed E-state index contributed by atoms with van der Waals surface area (Å²) in [6, 6.07) is 8.03. The molecule has 0 aromatic heterocycles. The molecule has 0 radical (unpaired) electrons. The van der Waals surface area contributed by atoms with Crippen molar-refractivity contribution in [1.29, 1.82) is 0 Å². The quantitative estimate of drug-likeness (QED) is 0.898. The molecule has 1 amide bonds. The molecule has 2 rings (SSSR count). The fourth-order valence-electron chi connectivity index (χ4n) is 2.01. The number of carbonyl (C=O) groups excluding carboxylic acids is 1. The fraction of sp³-hybridized carbons (Fsp3) is 0.462. The summed E-state index contributed by atoms with van der Waals surface area (Å²) in [5, 5.41) is 6.26. The summed E-state index contributed by atoms with van der Waals surface area (Å²) >= 11 is 3.51. The van der Waals surface area contributed by atoms with Crippen molar-refractivity contribution in [3.63, 3.8) is 0 Å². The van der Waals surface area contributed by atoms with Crippen LogP contribution in [0.15, 0.2) is 28.7 Å².